The summed E-state index contributed by atoms with van der Waals surface area (Å²) < 4.78 is 6.70. The standard InChI is InChI=1S/C14H22BrNO/c1-4-8-16-14(10-17-5-2)12-6-7-13(15)11(3)9-12/h6-7,9,14,16H,4-5,8,10H2,1-3H3. The summed E-state index contributed by atoms with van der Waals surface area (Å²) in [6.07, 6.45) is 1.14. The van der Waals surface area contributed by atoms with Crippen LogP contribution in [-0.4, -0.2) is 19.8 Å². The fraction of sp³-hybridized carbons (Fsp3) is 0.571. The normalized spacial score (nSPS) is 12.7. The summed E-state index contributed by atoms with van der Waals surface area (Å²) in [4.78, 5) is 0. The van der Waals surface area contributed by atoms with Gasteiger partial charge in [-0.05, 0) is 44.0 Å². The summed E-state index contributed by atoms with van der Waals surface area (Å²) in [6.45, 7) is 8.84. The Morgan fingerprint density at radius 3 is 2.71 bits per heavy atom. The molecule has 0 saturated carbocycles. The van der Waals surface area contributed by atoms with E-state index >= 15 is 0 Å². The molecule has 1 aromatic carbocycles. The molecule has 0 radical (unpaired) electrons. The van der Waals surface area contributed by atoms with Crippen LogP contribution >= 0.6 is 15.9 Å². The predicted molar refractivity (Wildman–Crippen MR) is 76.4 cm³/mol. The van der Waals surface area contributed by atoms with Crippen LogP contribution in [-0.2, 0) is 4.74 Å². The van der Waals surface area contributed by atoms with E-state index in [4.69, 9.17) is 4.74 Å². The molecule has 1 rings (SSSR count). The van der Waals surface area contributed by atoms with Gasteiger partial charge in [0.15, 0.2) is 0 Å². The number of ether oxygens (including phenoxy) is 1. The van der Waals surface area contributed by atoms with E-state index in [9.17, 15) is 0 Å². The molecule has 0 heterocycles. The first-order valence-corrected chi connectivity index (χ1v) is 7.05. The molecule has 96 valence electrons. The number of hydrogen-bond donors (Lipinski definition) is 1. The van der Waals surface area contributed by atoms with Crippen LogP contribution in [0.4, 0.5) is 0 Å². The van der Waals surface area contributed by atoms with Gasteiger partial charge in [0.25, 0.3) is 0 Å². The molecule has 0 aromatic heterocycles. The van der Waals surface area contributed by atoms with Crippen molar-refractivity contribution >= 4 is 15.9 Å². The molecule has 0 spiro atoms. The van der Waals surface area contributed by atoms with Gasteiger partial charge in [-0.2, -0.15) is 0 Å². The highest BCUT2D eigenvalue weighted by molar-refractivity contribution is 9.10. The number of aryl methyl sites for hydroxylation is 1. The molecule has 3 heteroatoms. The SMILES string of the molecule is CCCNC(COCC)c1ccc(Br)c(C)c1. The fourth-order valence-corrected chi connectivity index (χ4v) is 1.96. The van der Waals surface area contributed by atoms with E-state index in [0.717, 1.165) is 30.7 Å². The van der Waals surface area contributed by atoms with E-state index in [1.54, 1.807) is 0 Å². The van der Waals surface area contributed by atoms with Crippen LogP contribution in [0.2, 0.25) is 0 Å². The van der Waals surface area contributed by atoms with Crippen molar-refractivity contribution in [1.29, 1.82) is 0 Å². The summed E-state index contributed by atoms with van der Waals surface area (Å²) in [5.41, 5.74) is 2.56. The first kappa shape index (κ1) is 14.7. The van der Waals surface area contributed by atoms with Crippen LogP contribution in [0, 0.1) is 6.92 Å². The minimum atomic E-state index is 0.293. The Morgan fingerprint density at radius 2 is 2.12 bits per heavy atom. The van der Waals surface area contributed by atoms with Crippen molar-refractivity contribution in [3.8, 4) is 0 Å². The Bertz CT molecular complexity index is 333. The van der Waals surface area contributed by atoms with Crippen molar-refractivity contribution in [1.82, 2.24) is 5.32 Å². The van der Waals surface area contributed by atoms with E-state index in [0.29, 0.717) is 6.04 Å². The van der Waals surface area contributed by atoms with Crippen molar-refractivity contribution in [2.45, 2.75) is 33.2 Å². The zero-order valence-electron chi connectivity index (χ0n) is 10.9. The lowest BCUT2D eigenvalue weighted by Gasteiger charge is -2.19. The lowest BCUT2D eigenvalue weighted by atomic mass is 10.0. The Balaban J connectivity index is 2.75. The second-order valence-electron chi connectivity index (χ2n) is 4.17. The summed E-state index contributed by atoms with van der Waals surface area (Å²) in [5, 5.41) is 3.53. The van der Waals surface area contributed by atoms with E-state index in [2.05, 4.69) is 53.3 Å². The van der Waals surface area contributed by atoms with Crippen molar-refractivity contribution in [3.05, 3.63) is 33.8 Å². The topological polar surface area (TPSA) is 21.3 Å². The monoisotopic (exact) mass is 299 g/mol. The van der Waals surface area contributed by atoms with Crippen LogP contribution in [0.1, 0.15) is 37.4 Å². The van der Waals surface area contributed by atoms with Crippen LogP contribution in [0.25, 0.3) is 0 Å². The third-order valence-corrected chi connectivity index (χ3v) is 3.60. The molecule has 0 aliphatic carbocycles. The zero-order valence-corrected chi connectivity index (χ0v) is 12.5. The quantitative estimate of drug-likeness (QED) is 0.826. The minimum Gasteiger partial charge on any atom is -0.380 e. The van der Waals surface area contributed by atoms with Gasteiger partial charge in [-0.1, -0.05) is 35.0 Å². The number of rotatable bonds is 7. The van der Waals surface area contributed by atoms with Crippen molar-refractivity contribution in [2.75, 3.05) is 19.8 Å². The molecule has 0 aliphatic rings. The number of halogens is 1. The summed E-state index contributed by atoms with van der Waals surface area (Å²) in [7, 11) is 0. The lowest BCUT2D eigenvalue weighted by molar-refractivity contribution is 0.123. The molecular formula is C14H22BrNO. The number of benzene rings is 1. The third kappa shape index (κ3) is 4.78. The highest BCUT2D eigenvalue weighted by atomic mass is 79.9. The summed E-state index contributed by atoms with van der Waals surface area (Å²) in [6, 6.07) is 6.78. The van der Waals surface area contributed by atoms with E-state index < -0.39 is 0 Å². The fourth-order valence-electron chi connectivity index (χ4n) is 1.71. The molecule has 1 aromatic rings. The van der Waals surface area contributed by atoms with Gasteiger partial charge in [-0.3, -0.25) is 0 Å². The van der Waals surface area contributed by atoms with Gasteiger partial charge in [0, 0.05) is 11.1 Å². The maximum Gasteiger partial charge on any atom is 0.0661 e. The molecular weight excluding hydrogens is 278 g/mol. The van der Waals surface area contributed by atoms with Gasteiger partial charge < -0.3 is 10.1 Å². The van der Waals surface area contributed by atoms with Crippen LogP contribution < -0.4 is 5.32 Å². The zero-order chi connectivity index (χ0) is 12.7. The molecule has 1 unspecified atom stereocenters. The van der Waals surface area contributed by atoms with Gasteiger partial charge in [0.05, 0.1) is 12.6 Å². The molecule has 1 atom stereocenters. The average Bonchev–Trinajstić information content (AvgIpc) is 2.33. The average molecular weight is 300 g/mol. The summed E-state index contributed by atoms with van der Waals surface area (Å²) in [5.74, 6) is 0. The van der Waals surface area contributed by atoms with Crippen LogP contribution in [0.3, 0.4) is 0 Å². The molecule has 17 heavy (non-hydrogen) atoms. The molecule has 0 bridgehead atoms. The highest BCUT2D eigenvalue weighted by Gasteiger charge is 2.11. The Hall–Kier alpha value is -0.380. The Labute approximate surface area is 113 Å². The third-order valence-electron chi connectivity index (χ3n) is 2.71. The van der Waals surface area contributed by atoms with Crippen LogP contribution in [0.15, 0.2) is 22.7 Å². The highest BCUT2D eigenvalue weighted by Crippen LogP contribution is 2.21. The summed E-state index contributed by atoms with van der Waals surface area (Å²) >= 11 is 3.53. The van der Waals surface area contributed by atoms with Crippen LogP contribution in [0.5, 0.6) is 0 Å². The van der Waals surface area contributed by atoms with Gasteiger partial charge in [-0.15, -0.1) is 0 Å². The van der Waals surface area contributed by atoms with Gasteiger partial charge >= 0.3 is 0 Å². The van der Waals surface area contributed by atoms with Crippen molar-refractivity contribution < 1.29 is 4.74 Å². The smallest absolute Gasteiger partial charge is 0.0661 e. The second-order valence-corrected chi connectivity index (χ2v) is 5.03. The van der Waals surface area contributed by atoms with Gasteiger partial charge in [0.2, 0.25) is 0 Å². The number of nitrogens with one attached hydrogen (secondary N) is 1. The second kappa shape index (κ2) is 7.85. The lowest BCUT2D eigenvalue weighted by Crippen LogP contribution is -2.26. The maximum absolute atomic E-state index is 5.54. The predicted octanol–water partition coefficient (Wildman–Crippen LogP) is 3.83. The minimum absolute atomic E-state index is 0.293. The van der Waals surface area contributed by atoms with Gasteiger partial charge in [-0.25, -0.2) is 0 Å². The molecule has 0 amide bonds. The molecule has 0 aliphatic heterocycles. The molecule has 1 N–H and O–H groups in total. The maximum atomic E-state index is 5.54. The Morgan fingerprint density at radius 1 is 1.35 bits per heavy atom. The molecule has 0 saturated heterocycles. The van der Waals surface area contributed by atoms with E-state index in [-0.39, 0.29) is 0 Å². The van der Waals surface area contributed by atoms with E-state index in [1.807, 2.05) is 6.92 Å². The van der Waals surface area contributed by atoms with Gasteiger partial charge in [0.1, 0.15) is 0 Å². The first-order chi connectivity index (χ1) is 8.19. The van der Waals surface area contributed by atoms with E-state index in [1.165, 1.54) is 11.1 Å². The first-order valence-electron chi connectivity index (χ1n) is 6.26. The van der Waals surface area contributed by atoms with Crippen molar-refractivity contribution in [2.24, 2.45) is 0 Å². The van der Waals surface area contributed by atoms with Crippen molar-refractivity contribution in [3.63, 3.8) is 0 Å². The molecule has 0 fully saturated rings. The number of hydrogen-bond acceptors (Lipinski definition) is 2. The largest absolute Gasteiger partial charge is 0.380 e. The molecule has 2 nitrogen and oxygen atoms in total. The Kier molecular flexibility index (Phi) is 6.78.